The van der Waals surface area contributed by atoms with Crippen molar-refractivity contribution < 1.29 is 13.2 Å². The van der Waals surface area contributed by atoms with Crippen LogP contribution in [-0.4, -0.2) is 69.1 Å². The molecule has 10 nitrogen and oxygen atoms in total. The molecule has 1 atom stereocenters. The highest BCUT2D eigenvalue weighted by Gasteiger charge is 2.36. The Hall–Kier alpha value is -2.86. The molecule has 1 unspecified atom stereocenters. The van der Waals surface area contributed by atoms with Crippen LogP contribution in [0.15, 0.2) is 30.7 Å². The van der Waals surface area contributed by atoms with E-state index in [-0.39, 0.29) is 23.7 Å². The molecule has 1 fully saturated rings. The number of anilines is 1. The summed E-state index contributed by atoms with van der Waals surface area (Å²) in [7, 11) is -1.45. The van der Waals surface area contributed by atoms with Gasteiger partial charge in [0.1, 0.15) is 6.33 Å². The quantitative estimate of drug-likeness (QED) is 0.339. The Morgan fingerprint density at radius 1 is 1.15 bits per heavy atom. The van der Waals surface area contributed by atoms with Gasteiger partial charge in [-0.05, 0) is 49.7 Å². The molecule has 0 radical (unpaired) electrons. The number of amides is 1. The van der Waals surface area contributed by atoms with Gasteiger partial charge in [-0.2, -0.15) is 5.10 Å². The summed E-state index contributed by atoms with van der Waals surface area (Å²) >= 11 is 5.72. The van der Waals surface area contributed by atoms with E-state index in [0.717, 1.165) is 52.2 Å². The lowest BCUT2D eigenvalue weighted by atomic mass is 9.87. The van der Waals surface area contributed by atoms with Crippen molar-refractivity contribution >= 4 is 33.2 Å². The monoisotopic (exact) mass is 599 g/mol. The molecule has 3 heterocycles. The molecule has 5 rings (SSSR count). The van der Waals surface area contributed by atoms with Crippen molar-refractivity contribution in [2.24, 2.45) is 7.05 Å². The van der Waals surface area contributed by atoms with Crippen LogP contribution in [0.1, 0.15) is 71.9 Å². The van der Waals surface area contributed by atoms with E-state index in [9.17, 15) is 13.2 Å². The minimum absolute atomic E-state index is 0.0824. The van der Waals surface area contributed by atoms with E-state index in [1.807, 2.05) is 31.4 Å². The number of piperidine rings is 1. The predicted octanol–water partition coefficient (Wildman–Crippen LogP) is 3.86. The highest BCUT2D eigenvalue weighted by molar-refractivity contribution is 7.89. The molecule has 41 heavy (non-hydrogen) atoms. The van der Waals surface area contributed by atoms with E-state index < -0.39 is 10.0 Å². The number of alkyl halides is 1. The number of hydrogen-bond donors (Lipinski definition) is 2. The lowest BCUT2D eigenvalue weighted by Gasteiger charge is -2.35. The van der Waals surface area contributed by atoms with E-state index in [0.29, 0.717) is 50.3 Å². The standard InChI is InChI=1S/C29H38ClN7O3S/c1-4-19-8-6-9-20(5-2)25(19)34-29(38)27-22-16-24(23-17-31-18-32-26(23)28(22)36(3)35-27)33-21-10-13-37(14-11-21)41(39,40)15-7-12-30/h6,8-9,17-18,21,24,33H,4-5,7,10-16H2,1-3H3,(H,34,38). The number of aryl methyl sites for hydroxylation is 3. The second-order valence-corrected chi connectivity index (χ2v) is 13.2. The smallest absolute Gasteiger partial charge is 0.276 e. The summed E-state index contributed by atoms with van der Waals surface area (Å²) in [6.45, 7) is 5.10. The number of nitrogens with zero attached hydrogens (tertiary/aromatic N) is 5. The number of fused-ring (bicyclic) bond motifs is 3. The maximum absolute atomic E-state index is 13.7. The zero-order valence-electron chi connectivity index (χ0n) is 23.9. The van der Waals surface area contributed by atoms with E-state index in [1.165, 1.54) is 6.33 Å². The molecule has 1 aliphatic heterocycles. The number of benzene rings is 1. The van der Waals surface area contributed by atoms with E-state index in [4.69, 9.17) is 11.6 Å². The van der Waals surface area contributed by atoms with Crippen molar-refractivity contribution in [1.82, 2.24) is 29.4 Å². The van der Waals surface area contributed by atoms with Gasteiger partial charge in [0.2, 0.25) is 10.0 Å². The zero-order valence-corrected chi connectivity index (χ0v) is 25.4. The van der Waals surface area contributed by atoms with E-state index in [2.05, 4.69) is 39.5 Å². The molecule has 12 heteroatoms. The maximum atomic E-state index is 13.7. The third-order valence-corrected chi connectivity index (χ3v) is 10.4. The molecule has 1 saturated heterocycles. The fraction of sp³-hybridized carbons (Fsp3) is 0.517. The predicted molar refractivity (Wildman–Crippen MR) is 161 cm³/mol. The third-order valence-electron chi connectivity index (χ3n) is 8.17. The average molecular weight is 600 g/mol. The molecule has 220 valence electrons. The molecule has 0 saturated carbocycles. The number of halogens is 1. The second kappa shape index (κ2) is 12.6. The minimum Gasteiger partial charge on any atom is -0.320 e. The Kier molecular flexibility index (Phi) is 9.08. The van der Waals surface area contributed by atoms with Crippen LogP contribution >= 0.6 is 11.6 Å². The fourth-order valence-electron chi connectivity index (χ4n) is 6.02. The van der Waals surface area contributed by atoms with Gasteiger partial charge < -0.3 is 10.6 Å². The van der Waals surface area contributed by atoms with Gasteiger partial charge >= 0.3 is 0 Å². The number of rotatable bonds is 10. The van der Waals surface area contributed by atoms with Gasteiger partial charge in [-0.25, -0.2) is 22.7 Å². The van der Waals surface area contributed by atoms with Crippen molar-refractivity contribution in [3.63, 3.8) is 0 Å². The average Bonchev–Trinajstić information content (AvgIpc) is 3.32. The van der Waals surface area contributed by atoms with Crippen LogP contribution in [0.3, 0.4) is 0 Å². The fourth-order valence-corrected chi connectivity index (χ4v) is 7.85. The van der Waals surface area contributed by atoms with Crippen molar-refractivity contribution in [3.05, 3.63) is 58.7 Å². The normalized spacial score (nSPS) is 17.7. The molecular formula is C29H38ClN7O3S. The summed E-state index contributed by atoms with van der Waals surface area (Å²) in [5, 5.41) is 11.6. The van der Waals surface area contributed by atoms with Gasteiger partial charge in [0, 0.05) is 61.1 Å². The largest absolute Gasteiger partial charge is 0.320 e. The number of nitrogens with one attached hydrogen (secondary N) is 2. The third kappa shape index (κ3) is 6.04. The Balaban J connectivity index is 1.38. The minimum atomic E-state index is -3.29. The first-order chi connectivity index (χ1) is 19.8. The first-order valence-corrected chi connectivity index (χ1v) is 16.5. The molecule has 0 bridgehead atoms. The summed E-state index contributed by atoms with van der Waals surface area (Å²) in [5.74, 6) is 0.185. The summed E-state index contributed by atoms with van der Waals surface area (Å²) in [6.07, 6.45) is 7.37. The van der Waals surface area contributed by atoms with Crippen molar-refractivity contribution in [3.8, 4) is 11.4 Å². The first kappa shape index (κ1) is 29.6. The van der Waals surface area contributed by atoms with Gasteiger partial charge in [-0.1, -0.05) is 32.0 Å². The van der Waals surface area contributed by atoms with Gasteiger partial charge in [0.05, 0.1) is 17.1 Å². The summed E-state index contributed by atoms with van der Waals surface area (Å²) in [6, 6.07) is 6.11. The lowest BCUT2D eigenvalue weighted by Crippen LogP contribution is -2.47. The molecule has 3 aromatic rings. The van der Waals surface area contributed by atoms with Crippen LogP contribution in [0.25, 0.3) is 11.4 Å². The molecule has 1 amide bonds. The van der Waals surface area contributed by atoms with Crippen molar-refractivity contribution in [2.75, 3.05) is 30.0 Å². The first-order valence-electron chi connectivity index (χ1n) is 14.3. The molecule has 2 N–H and O–H groups in total. The van der Waals surface area contributed by atoms with Crippen LogP contribution < -0.4 is 10.6 Å². The Bertz CT molecular complexity index is 1490. The van der Waals surface area contributed by atoms with Crippen LogP contribution in [0, 0.1) is 0 Å². The topological polar surface area (TPSA) is 122 Å². The van der Waals surface area contributed by atoms with E-state index in [1.54, 1.807) is 8.99 Å². The Morgan fingerprint density at radius 2 is 1.85 bits per heavy atom. The molecule has 2 aromatic heterocycles. The van der Waals surface area contributed by atoms with Gasteiger partial charge in [0.25, 0.3) is 5.91 Å². The molecule has 0 spiro atoms. The SMILES string of the molecule is CCc1cccc(CC)c1NC(=O)c1nn(C)c2c1CC(NC1CCN(S(=O)(=O)CCCCl)CC1)c1cncnc1-2. The van der Waals surface area contributed by atoms with Crippen LogP contribution in [0.5, 0.6) is 0 Å². The highest BCUT2D eigenvalue weighted by Crippen LogP contribution is 2.39. The van der Waals surface area contributed by atoms with Gasteiger partial charge in [0.15, 0.2) is 5.69 Å². The number of hydrogen-bond acceptors (Lipinski definition) is 7. The number of carbonyl (C=O) groups excluding carboxylic acids is 1. The Labute approximate surface area is 247 Å². The zero-order chi connectivity index (χ0) is 29.1. The number of aromatic nitrogens is 4. The molecule has 2 aliphatic rings. The molecule has 1 aliphatic carbocycles. The lowest BCUT2D eigenvalue weighted by molar-refractivity contribution is 0.102. The van der Waals surface area contributed by atoms with E-state index >= 15 is 0 Å². The van der Waals surface area contributed by atoms with Gasteiger partial charge in [-0.15, -0.1) is 11.6 Å². The van der Waals surface area contributed by atoms with Crippen molar-refractivity contribution in [2.45, 2.75) is 64.5 Å². The van der Waals surface area contributed by atoms with Gasteiger partial charge in [-0.3, -0.25) is 9.48 Å². The van der Waals surface area contributed by atoms with Crippen LogP contribution in [-0.2, 0) is 36.3 Å². The second-order valence-electron chi connectivity index (χ2n) is 10.7. The molecular weight excluding hydrogens is 562 g/mol. The number of carbonyl (C=O) groups is 1. The molecule has 1 aromatic carbocycles. The summed E-state index contributed by atoms with van der Waals surface area (Å²) in [5.41, 5.74) is 6.84. The van der Waals surface area contributed by atoms with Crippen LogP contribution in [0.4, 0.5) is 5.69 Å². The number of para-hydroxylation sites is 1. The van der Waals surface area contributed by atoms with Crippen LogP contribution in [0.2, 0.25) is 0 Å². The summed E-state index contributed by atoms with van der Waals surface area (Å²) in [4.78, 5) is 22.6. The maximum Gasteiger partial charge on any atom is 0.276 e. The van der Waals surface area contributed by atoms with Crippen molar-refractivity contribution in [1.29, 1.82) is 0 Å². The summed E-state index contributed by atoms with van der Waals surface area (Å²) < 4.78 is 28.6. The Morgan fingerprint density at radius 3 is 2.51 bits per heavy atom. The number of sulfonamides is 1. The highest BCUT2D eigenvalue weighted by atomic mass is 35.5.